The Hall–Kier alpha value is -3.09. The monoisotopic (exact) mass is 379 g/mol. The molecule has 2 aromatic heterocycles. The summed E-state index contributed by atoms with van der Waals surface area (Å²) in [5.74, 6) is 2.11. The maximum absolute atomic E-state index is 12.5. The van der Waals surface area contributed by atoms with Gasteiger partial charge in [-0.05, 0) is 43.0 Å². The molecule has 1 aliphatic rings. The highest BCUT2D eigenvalue weighted by molar-refractivity contribution is 5.79. The van der Waals surface area contributed by atoms with Gasteiger partial charge in [0.15, 0.2) is 5.65 Å². The van der Waals surface area contributed by atoms with Crippen LogP contribution in [0.3, 0.4) is 0 Å². The third-order valence-electron chi connectivity index (χ3n) is 5.33. The minimum atomic E-state index is 0.0714. The molecule has 3 aromatic rings. The van der Waals surface area contributed by atoms with Crippen molar-refractivity contribution in [1.82, 2.24) is 19.9 Å². The van der Waals surface area contributed by atoms with Crippen molar-refractivity contribution < 1.29 is 9.53 Å². The lowest BCUT2D eigenvalue weighted by atomic mass is 9.96. The van der Waals surface area contributed by atoms with E-state index in [1.165, 1.54) is 5.56 Å². The fraction of sp³-hybridized carbons (Fsp3) is 0.381. The van der Waals surface area contributed by atoms with Crippen LogP contribution >= 0.6 is 0 Å². The van der Waals surface area contributed by atoms with Crippen LogP contribution in [0.5, 0.6) is 5.75 Å². The van der Waals surface area contributed by atoms with Crippen molar-refractivity contribution in [3.8, 4) is 5.75 Å². The smallest absolute Gasteiger partial charge is 0.223 e. The molecule has 1 fully saturated rings. The Bertz CT molecular complexity index is 929. The topological polar surface area (TPSA) is 71.8 Å². The average molecular weight is 379 g/mol. The van der Waals surface area contributed by atoms with Gasteiger partial charge in [0.05, 0.1) is 13.3 Å². The number of carbonyl (C=O) groups is 1. The number of piperidine rings is 1. The Morgan fingerprint density at radius 3 is 2.68 bits per heavy atom. The summed E-state index contributed by atoms with van der Waals surface area (Å²) in [6.07, 6.45) is 6.08. The summed E-state index contributed by atoms with van der Waals surface area (Å²) >= 11 is 0. The Labute approximate surface area is 164 Å². The fourth-order valence-electron chi connectivity index (χ4n) is 3.70. The van der Waals surface area contributed by atoms with Gasteiger partial charge in [-0.25, -0.2) is 4.98 Å². The SMILES string of the molecule is COc1ccc(CCNC(=O)C2CCN(c3ccnc4ccnn34)CC2)cc1. The molecule has 146 valence electrons. The van der Waals surface area contributed by atoms with Crippen LogP contribution < -0.4 is 15.0 Å². The minimum Gasteiger partial charge on any atom is -0.497 e. The molecule has 28 heavy (non-hydrogen) atoms. The zero-order valence-electron chi connectivity index (χ0n) is 16.0. The van der Waals surface area contributed by atoms with Gasteiger partial charge in [-0.3, -0.25) is 4.79 Å². The Morgan fingerprint density at radius 2 is 1.93 bits per heavy atom. The first-order valence-corrected chi connectivity index (χ1v) is 9.69. The lowest BCUT2D eigenvalue weighted by Crippen LogP contribution is -2.41. The van der Waals surface area contributed by atoms with E-state index in [4.69, 9.17) is 4.74 Å². The van der Waals surface area contributed by atoms with E-state index in [0.717, 1.165) is 49.6 Å². The summed E-state index contributed by atoms with van der Waals surface area (Å²) in [4.78, 5) is 19.1. The number of anilines is 1. The van der Waals surface area contributed by atoms with Crippen molar-refractivity contribution in [3.05, 3.63) is 54.4 Å². The third-order valence-corrected chi connectivity index (χ3v) is 5.33. The van der Waals surface area contributed by atoms with E-state index in [2.05, 4.69) is 20.3 Å². The van der Waals surface area contributed by atoms with Crippen molar-refractivity contribution in [2.75, 3.05) is 31.6 Å². The highest BCUT2D eigenvalue weighted by Gasteiger charge is 2.26. The van der Waals surface area contributed by atoms with Gasteiger partial charge in [-0.15, -0.1) is 0 Å². The molecule has 3 heterocycles. The lowest BCUT2D eigenvalue weighted by molar-refractivity contribution is -0.125. The minimum absolute atomic E-state index is 0.0714. The molecule has 1 aromatic carbocycles. The van der Waals surface area contributed by atoms with Gasteiger partial charge in [0.2, 0.25) is 5.91 Å². The molecule has 7 heteroatoms. The van der Waals surface area contributed by atoms with E-state index < -0.39 is 0 Å². The quantitative estimate of drug-likeness (QED) is 0.712. The largest absolute Gasteiger partial charge is 0.497 e. The number of amides is 1. The second-order valence-corrected chi connectivity index (χ2v) is 7.05. The van der Waals surface area contributed by atoms with Gasteiger partial charge in [0.1, 0.15) is 11.6 Å². The third kappa shape index (κ3) is 3.93. The number of benzene rings is 1. The highest BCUT2D eigenvalue weighted by atomic mass is 16.5. The zero-order valence-corrected chi connectivity index (χ0v) is 16.0. The van der Waals surface area contributed by atoms with Crippen molar-refractivity contribution in [2.45, 2.75) is 19.3 Å². The number of carbonyl (C=O) groups excluding carboxylic acids is 1. The van der Waals surface area contributed by atoms with Gasteiger partial charge in [-0.2, -0.15) is 9.61 Å². The number of nitrogens with zero attached hydrogens (tertiary/aromatic N) is 4. The van der Waals surface area contributed by atoms with Crippen molar-refractivity contribution in [3.63, 3.8) is 0 Å². The molecule has 0 unspecified atom stereocenters. The highest BCUT2D eigenvalue weighted by Crippen LogP contribution is 2.23. The average Bonchev–Trinajstić information content (AvgIpc) is 3.23. The molecule has 4 rings (SSSR count). The van der Waals surface area contributed by atoms with Gasteiger partial charge in [0, 0.05) is 37.8 Å². The maximum atomic E-state index is 12.5. The van der Waals surface area contributed by atoms with E-state index in [9.17, 15) is 4.79 Å². The molecule has 1 N–H and O–H groups in total. The number of nitrogens with one attached hydrogen (secondary N) is 1. The van der Waals surface area contributed by atoms with Gasteiger partial charge in [-0.1, -0.05) is 12.1 Å². The number of rotatable bonds is 6. The number of hydrogen-bond donors (Lipinski definition) is 1. The Kier molecular flexibility index (Phi) is 5.41. The predicted octanol–water partition coefficient (Wildman–Crippen LogP) is 2.31. The maximum Gasteiger partial charge on any atom is 0.223 e. The summed E-state index contributed by atoms with van der Waals surface area (Å²) in [5, 5.41) is 7.45. The summed E-state index contributed by atoms with van der Waals surface area (Å²) in [5.41, 5.74) is 2.03. The van der Waals surface area contributed by atoms with Crippen LogP contribution in [0.2, 0.25) is 0 Å². The van der Waals surface area contributed by atoms with Crippen LogP contribution in [0.4, 0.5) is 5.82 Å². The van der Waals surface area contributed by atoms with E-state index in [1.807, 2.05) is 47.1 Å². The van der Waals surface area contributed by atoms with Crippen LogP contribution in [0.25, 0.3) is 5.65 Å². The molecule has 0 aliphatic carbocycles. The Balaban J connectivity index is 1.26. The second kappa shape index (κ2) is 8.29. The van der Waals surface area contributed by atoms with Gasteiger partial charge in [0.25, 0.3) is 0 Å². The number of hydrogen-bond acceptors (Lipinski definition) is 5. The van der Waals surface area contributed by atoms with E-state index in [-0.39, 0.29) is 11.8 Å². The fourth-order valence-corrected chi connectivity index (χ4v) is 3.70. The molecular weight excluding hydrogens is 354 g/mol. The zero-order chi connectivity index (χ0) is 19.3. The van der Waals surface area contributed by atoms with Crippen LogP contribution in [0.1, 0.15) is 18.4 Å². The predicted molar refractivity (Wildman–Crippen MR) is 108 cm³/mol. The van der Waals surface area contributed by atoms with Crippen LogP contribution in [-0.4, -0.2) is 47.2 Å². The van der Waals surface area contributed by atoms with Crippen LogP contribution in [0, 0.1) is 5.92 Å². The second-order valence-electron chi connectivity index (χ2n) is 7.05. The lowest BCUT2D eigenvalue weighted by Gasteiger charge is -2.32. The van der Waals surface area contributed by atoms with Crippen molar-refractivity contribution >= 4 is 17.4 Å². The number of methoxy groups -OCH3 is 1. The van der Waals surface area contributed by atoms with Crippen molar-refractivity contribution in [2.24, 2.45) is 5.92 Å². The first-order chi connectivity index (χ1) is 13.7. The molecule has 7 nitrogen and oxygen atoms in total. The van der Waals surface area contributed by atoms with E-state index in [1.54, 1.807) is 13.3 Å². The first kappa shape index (κ1) is 18.3. The molecule has 0 spiro atoms. The molecule has 1 saturated heterocycles. The molecule has 0 bridgehead atoms. The molecule has 1 amide bonds. The molecular formula is C21H25N5O2. The number of ether oxygens (including phenoxy) is 1. The molecule has 0 radical (unpaired) electrons. The van der Waals surface area contributed by atoms with Gasteiger partial charge < -0.3 is 15.0 Å². The van der Waals surface area contributed by atoms with Crippen LogP contribution in [-0.2, 0) is 11.2 Å². The first-order valence-electron chi connectivity index (χ1n) is 9.69. The normalized spacial score (nSPS) is 15.0. The summed E-state index contributed by atoms with van der Waals surface area (Å²) in [6.45, 7) is 2.34. The summed E-state index contributed by atoms with van der Waals surface area (Å²) < 4.78 is 7.02. The van der Waals surface area contributed by atoms with Crippen molar-refractivity contribution in [1.29, 1.82) is 0 Å². The summed E-state index contributed by atoms with van der Waals surface area (Å²) in [7, 11) is 1.66. The summed E-state index contributed by atoms with van der Waals surface area (Å²) in [6, 6.07) is 11.8. The number of fused-ring (bicyclic) bond motifs is 1. The molecule has 1 aliphatic heterocycles. The number of aromatic nitrogens is 3. The van der Waals surface area contributed by atoms with Crippen LogP contribution in [0.15, 0.2) is 48.8 Å². The van der Waals surface area contributed by atoms with Gasteiger partial charge >= 0.3 is 0 Å². The van der Waals surface area contributed by atoms with E-state index >= 15 is 0 Å². The Morgan fingerprint density at radius 1 is 1.14 bits per heavy atom. The molecule has 0 atom stereocenters. The van der Waals surface area contributed by atoms with E-state index in [0.29, 0.717) is 6.54 Å². The standard InChI is InChI=1S/C21H25N5O2/c1-28-18-4-2-16(3-5-18)6-11-23-21(27)17-9-14-25(15-10-17)20-8-12-22-19-7-13-24-26(19)20/h2-5,7-8,12-13,17H,6,9-11,14-15H2,1H3,(H,23,27). The molecule has 0 saturated carbocycles.